The van der Waals surface area contributed by atoms with Crippen LogP contribution in [0, 0.1) is 23.3 Å². The van der Waals surface area contributed by atoms with Crippen LogP contribution in [-0.4, -0.2) is 61.1 Å². The number of carbonyl (C=O) groups excluding carboxylic acids is 1. The molecule has 0 saturated carbocycles. The minimum atomic E-state index is -1.40. The van der Waals surface area contributed by atoms with Crippen LogP contribution in [0.5, 0.6) is 0 Å². The number of carbonyl (C=O) groups is 2. The Hall–Kier alpha value is -2.77. The van der Waals surface area contributed by atoms with Crippen molar-refractivity contribution in [3.63, 3.8) is 0 Å². The number of aromatic nitrogens is 2. The fraction of sp³-hybridized carbons (Fsp3) is 0.393. The van der Waals surface area contributed by atoms with Gasteiger partial charge in [0.1, 0.15) is 11.6 Å². The van der Waals surface area contributed by atoms with Gasteiger partial charge in [-0.05, 0) is 61.6 Å². The minimum Gasteiger partial charge on any atom is -1.00 e. The molecule has 8 nitrogen and oxygen atoms in total. The van der Waals surface area contributed by atoms with E-state index in [9.17, 15) is 37.4 Å². The van der Waals surface area contributed by atoms with Crippen molar-refractivity contribution in [1.29, 1.82) is 0 Å². The van der Waals surface area contributed by atoms with Crippen molar-refractivity contribution in [2.45, 2.75) is 64.2 Å². The average molecular weight is 590 g/mol. The van der Waals surface area contributed by atoms with Gasteiger partial charge in [0.15, 0.2) is 17.3 Å². The number of carboxylic acid groups (broad SMARTS) is 1. The summed E-state index contributed by atoms with van der Waals surface area (Å²) in [6.07, 6.45) is -2.83. The quantitative estimate of drug-likeness (QED) is 0.168. The molecule has 0 radical (unpaired) electrons. The van der Waals surface area contributed by atoms with Crippen molar-refractivity contribution in [3.8, 4) is 5.69 Å². The summed E-state index contributed by atoms with van der Waals surface area (Å²) in [6, 6.07) is 6.72. The van der Waals surface area contributed by atoms with E-state index < -0.39 is 65.9 Å². The van der Waals surface area contributed by atoms with Gasteiger partial charge in [0.2, 0.25) is 0 Å². The van der Waals surface area contributed by atoms with Gasteiger partial charge in [-0.15, -0.1) is 0 Å². The van der Waals surface area contributed by atoms with E-state index in [0.717, 1.165) is 11.0 Å². The summed E-state index contributed by atoms with van der Waals surface area (Å²) < 4.78 is 57.3. The van der Waals surface area contributed by atoms with Gasteiger partial charge in [-0.1, -0.05) is 13.8 Å². The Balaban J connectivity index is 0.00000441. The largest absolute Gasteiger partial charge is 1.00 e. The molecule has 41 heavy (non-hydrogen) atoms. The van der Waals surface area contributed by atoms with E-state index in [1.54, 1.807) is 13.8 Å². The number of aliphatic carboxylic acids is 1. The van der Waals surface area contributed by atoms with Crippen LogP contribution in [0.25, 0.3) is 5.69 Å². The van der Waals surface area contributed by atoms with Crippen molar-refractivity contribution in [2.75, 3.05) is 7.05 Å². The van der Waals surface area contributed by atoms with E-state index in [1.807, 2.05) is 0 Å². The first kappa shape index (κ1) is 34.4. The smallest absolute Gasteiger partial charge is 1.00 e. The van der Waals surface area contributed by atoms with Gasteiger partial charge >= 0.3 is 35.5 Å². The zero-order valence-electron chi connectivity index (χ0n) is 24.2. The Morgan fingerprint density at radius 3 is 2.20 bits per heavy atom. The van der Waals surface area contributed by atoms with Gasteiger partial charge in [-0.3, -0.25) is 9.59 Å². The first-order valence-corrected chi connectivity index (χ1v) is 12.6. The molecular weight excluding hydrogens is 557 g/mol. The molecule has 0 fully saturated rings. The van der Waals surface area contributed by atoms with Crippen molar-refractivity contribution >= 4 is 11.9 Å². The third-order valence-electron chi connectivity index (χ3n) is 6.42. The van der Waals surface area contributed by atoms with Crippen LogP contribution in [0.15, 0.2) is 36.4 Å². The van der Waals surface area contributed by atoms with Gasteiger partial charge in [-0.2, -0.15) is 5.10 Å². The molecule has 13 heteroatoms. The fourth-order valence-electron chi connectivity index (χ4n) is 4.49. The van der Waals surface area contributed by atoms with Crippen molar-refractivity contribution in [2.24, 2.45) is 0 Å². The summed E-state index contributed by atoms with van der Waals surface area (Å²) in [4.78, 5) is 25.4. The minimum absolute atomic E-state index is 0. The van der Waals surface area contributed by atoms with Crippen LogP contribution in [0.1, 0.15) is 67.8 Å². The molecule has 1 amide bonds. The van der Waals surface area contributed by atoms with Crippen molar-refractivity contribution < 1.29 is 73.5 Å². The zero-order valence-corrected chi connectivity index (χ0v) is 25.2. The number of rotatable bonds is 12. The summed E-state index contributed by atoms with van der Waals surface area (Å²) in [7, 11) is 1.29. The summed E-state index contributed by atoms with van der Waals surface area (Å²) in [5.41, 5.74) is 0.702. The van der Waals surface area contributed by atoms with Gasteiger partial charge in [-0.25, -0.2) is 22.2 Å². The SMILES string of the molecule is CC(C)c1c(C(=O)N(C)Cc2c(F)ccc(F)c2F)nn(-c2ccc(F)cc2)c1CCC(O)CC(O)CC(=O)O.[H-].[Na+]. The Labute approximate surface area is 258 Å². The molecular formula is C28H32F4N3NaO5. The van der Waals surface area contributed by atoms with Gasteiger partial charge in [0, 0.05) is 23.9 Å². The molecule has 1 heterocycles. The van der Waals surface area contributed by atoms with Crippen LogP contribution in [0.4, 0.5) is 17.6 Å². The van der Waals surface area contributed by atoms with E-state index in [0.29, 0.717) is 23.0 Å². The monoisotopic (exact) mass is 589 g/mol. The number of halogens is 4. The summed E-state index contributed by atoms with van der Waals surface area (Å²) in [5.74, 6) is -6.38. The van der Waals surface area contributed by atoms with E-state index in [1.165, 1.54) is 36.0 Å². The summed E-state index contributed by atoms with van der Waals surface area (Å²) >= 11 is 0. The van der Waals surface area contributed by atoms with Crippen molar-refractivity contribution in [3.05, 3.63) is 82.2 Å². The Kier molecular flexibility index (Phi) is 12.5. The zero-order chi connectivity index (χ0) is 29.7. The number of nitrogens with zero attached hydrogens (tertiary/aromatic N) is 3. The molecule has 1 aromatic heterocycles. The second-order valence-electron chi connectivity index (χ2n) is 9.91. The molecule has 0 bridgehead atoms. The Morgan fingerprint density at radius 2 is 1.61 bits per heavy atom. The number of benzene rings is 2. The molecule has 0 aliphatic heterocycles. The summed E-state index contributed by atoms with van der Waals surface area (Å²) in [5, 5.41) is 33.6. The number of aliphatic hydroxyl groups is 2. The van der Waals surface area contributed by atoms with E-state index in [2.05, 4.69) is 5.10 Å². The van der Waals surface area contributed by atoms with Crippen LogP contribution < -0.4 is 29.6 Å². The molecule has 3 N–H and O–H groups in total. The number of carboxylic acids is 1. The van der Waals surface area contributed by atoms with Gasteiger partial charge in [0.05, 0.1) is 30.9 Å². The van der Waals surface area contributed by atoms with Crippen LogP contribution in [0.2, 0.25) is 0 Å². The molecule has 3 rings (SSSR count). The molecule has 2 aromatic carbocycles. The molecule has 0 aliphatic rings. The van der Waals surface area contributed by atoms with Crippen LogP contribution >= 0.6 is 0 Å². The molecule has 0 saturated heterocycles. The number of hydrogen-bond acceptors (Lipinski definition) is 5. The summed E-state index contributed by atoms with van der Waals surface area (Å²) in [6.45, 7) is 3.02. The predicted octanol–water partition coefficient (Wildman–Crippen LogP) is 1.46. The molecule has 218 valence electrons. The van der Waals surface area contributed by atoms with Crippen LogP contribution in [0.3, 0.4) is 0 Å². The third kappa shape index (κ3) is 8.62. The fourth-order valence-corrected chi connectivity index (χ4v) is 4.49. The third-order valence-corrected chi connectivity index (χ3v) is 6.42. The van der Waals surface area contributed by atoms with E-state index in [-0.39, 0.29) is 61.9 Å². The first-order chi connectivity index (χ1) is 18.8. The Morgan fingerprint density at radius 1 is 1.00 bits per heavy atom. The molecule has 0 spiro atoms. The predicted molar refractivity (Wildman–Crippen MR) is 138 cm³/mol. The maximum absolute atomic E-state index is 14.3. The van der Waals surface area contributed by atoms with Gasteiger partial charge < -0.3 is 21.6 Å². The Bertz CT molecular complexity index is 1370. The number of hydrogen-bond donors (Lipinski definition) is 3. The number of amides is 1. The van der Waals surface area contributed by atoms with Crippen LogP contribution in [-0.2, 0) is 17.8 Å². The molecule has 2 unspecified atom stereocenters. The topological polar surface area (TPSA) is 116 Å². The molecule has 3 aromatic rings. The first-order valence-electron chi connectivity index (χ1n) is 12.6. The second kappa shape index (κ2) is 14.9. The van der Waals surface area contributed by atoms with Crippen molar-refractivity contribution in [1.82, 2.24) is 14.7 Å². The number of aliphatic hydroxyl groups excluding tert-OH is 2. The van der Waals surface area contributed by atoms with E-state index >= 15 is 0 Å². The maximum atomic E-state index is 14.3. The molecule has 2 atom stereocenters. The normalized spacial score (nSPS) is 12.6. The van der Waals surface area contributed by atoms with E-state index in [4.69, 9.17) is 5.11 Å². The second-order valence-corrected chi connectivity index (χ2v) is 9.91. The standard InChI is InChI=1S/C28H31F4N3O5.Na.H/c1-15(2)25-23(11-8-18(36)12-19(37)13-24(38)39)35(17-6-4-16(29)5-7-17)33-27(25)28(40)34(3)14-20-21(30)9-10-22(31)26(20)32;;/h4-7,9-10,15,18-19,36-37H,8,11-14H2,1-3H3,(H,38,39);;/q;+1;-1. The molecule has 0 aliphatic carbocycles. The maximum Gasteiger partial charge on any atom is 1.00 e. The van der Waals surface area contributed by atoms with Gasteiger partial charge in [0.25, 0.3) is 5.91 Å². The average Bonchev–Trinajstić information content (AvgIpc) is 3.26.